The Bertz CT molecular complexity index is 694. The maximum atomic E-state index is 13.4. The first-order chi connectivity index (χ1) is 10.2. The van der Waals surface area contributed by atoms with Gasteiger partial charge in [0.15, 0.2) is 21.5 Å². The fourth-order valence-electron chi connectivity index (χ4n) is 2.55. The summed E-state index contributed by atoms with van der Waals surface area (Å²) in [5, 5.41) is -0.189. The summed E-state index contributed by atoms with van der Waals surface area (Å²) < 4.78 is 49.7. The van der Waals surface area contributed by atoms with Gasteiger partial charge in [0.2, 0.25) is 0 Å². The number of sulfone groups is 1. The van der Waals surface area contributed by atoms with E-state index in [-0.39, 0.29) is 22.1 Å². The second-order valence-electron chi connectivity index (χ2n) is 5.30. The van der Waals surface area contributed by atoms with E-state index in [0.717, 1.165) is 12.1 Å². The predicted molar refractivity (Wildman–Crippen MR) is 79.8 cm³/mol. The van der Waals surface area contributed by atoms with Crippen LogP contribution in [0.1, 0.15) is 30.1 Å². The molecule has 1 amide bonds. The quantitative estimate of drug-likeness (QED) is 0.784. The third kappa shape index (κ3) is 3.57. The zero-order valence-corrected chi connectivity index (χ0v) is 13.6. The Morgan fingerprint density at radius 1 is 1.36 bits per heavy atom. The largest absolute Gasteiger partial charge is 0.335 e. The number of hydrogen-bond donors (Lipinski definition) is 0. The minimum absolute atomic E-state index is 0.0245. The molecule has 1 aromatic carbocycles. The molecule has 1 heterocycles. The Morgan fingerprint density at radius 3 is 2.55 bits per heavy atom. The fraction of sp³-hybridized carbons (Fsp3) is 0.500. The lowest BCUT2D eigenvalue weighted by Crippen LogP contribution is -2.41. The minimum atomic E-state index is -3.16. The van der Waals surface area contributed by atoms with Gasteiger partial charge in [-0.05, 0) is 25.0 Å². The van der Waals surface area contributed by atoms with E-state index in [0.29, 0.717) is 19.4 Å². The second-order valence-corrected chi connectivity index (χ2v) is 7.94. The molecule has 22 heavy (non-hydrogen) atoms. The Balaban J connectivity index is 2.33. The van der Waals surface area contributed by atoms with Crippen LogP contribution < -0.4 is 0 Å². The van der Waals surface area contributed by atoms with Gasteiger partial charge >= 0.3 is 0 Å². The van der Waals surface area contributed by atoms with Crippen LogP contribution in [0.5, 0.6) is 0 Å². The topological polar surface area (TPSA) is 54.5 Å². The average Bonchev–Trinajstić information content (AvgIpc) is 2.79. The lowest BCUT2D eigenvalue weighted by molar-refractivity contribution is 0.0696. The highest BCUT2D eigenvalue weighted by Gasteiger charge is 2.35. The molecular formula is C14H16ClF2NO3S. The predicted octanol–water partition coefficient (Wildman–Crippen LogP) is 2.66. The molecule has 8 heteroatoms. The number of carbonyl (C=O) groups is 1. The average molecular weight is 352 g/mol. The van der Waals surface area contributed by atoms with Crippen LogP contribution in [0, 0.1) is 11.6 Å². The SMILES string of the molecule is CCCN(C(=O)c1cc(F)c(F)cc1Cl)C1CCS(=O)(=O)C1. The van der Waals surface area contributed by atoms with Gasteiger partial charge in [-0.3, -0.25) is 4.79 Å². The zero-order chi connectivity index (χ0) is 16.5. The molecule has 0 radical (unpaired) electrons. The molecule has 1 fully saturated rings. The maximum absolute atomic E-state index is 13.4. The van der Waals surface area contributed by atoms with Crippen molar-refractivity contribution in [1.29, 1.82) is 0 Å². The van der Waals surface area contributed by atoms with Crippen molar-refractivity contribution in [2.45, 2.75) is 25.8 Å². The molecule has 0 bridgehead atoms. The van der Waals surface area contributed by atoms with E-state index < -0.39 is 33.4 Å². The van der Waals surface area contributed by atoms with Crippen LogP contribution in [0.3, 0.4) is 0 Å². The normalized spacial score (nSPS) is 20.1. The summed E-state index contributed by atoms with van der Waals surface area (Å²) in [6.45, 7) is 2.17. The number of amides is 1. The van der Waals surface area contributed by atoms with Gasteiger partial charge in [0, 0.05) is 12.6 Å². The van der Waals surface area contributed by atoms with Crippen molar-refractivity contribution in [2.24, 2.45) is 0 Å². The molecule has 0 saturated carbocycles. The number of halogens is 3. The third-order valence-electron chi connectivity index (χ3n) is 3.61. The molecule has 122 valence electrons. The van der Waals surface area contributed by atoms with Crippen molar-refractivity contribution < 1.29 is 22.0 Å². The lowest BCUT2D eigenvalue weighted by atomic mass is 10.1. The van der Waals surface area contributed by atoms with Crippen LogP contribution in [0.4, 0.5) is 8.78 Å². The lowest BCUT2D eigenvalue weighted by Gasteiger charge is -2.28. The molecule has 0 aromatic heterocycles. The Morgan fingerprint density at radius 2 is 2.00 bits per heavy atom. The van der Waals surface area contributed by atoms with Crippen LogP contribution in [0.15, 0.2) is 12.1 Å². The van der Waals surface area contributed by atoms with E-state index in [1.807, 2.05) is 6.92 Å². The summed E-state index contributed by atoms with van der Waals surface area (Å²) >= 11 is 5.83. The third-order valence-corrected chi connectivity index (χ3v) is 5.68. The van der Waals surface area contributed by atoms with Gasteiger partial charge in [0.1, 0.15) is 0 Å². The molecule has 1 aromatic rings. The van der Waals surface area contributed by atoms with Crippen molar-refractivity contribution in [1.82, 2.24) is 4.90 Å². The molecule has 1 aliphatic heterocycles. The molecule has 4 nitrogen and oxygen atoms in total. The first kappa shape index (κ1) is 17.1. The molecule has 1 atom stereocenters. The number of carbonyl (C=O) groups excluding carboxylic acids is 1. The van der Waals surface area contributed by atoms with E-state index in [1.54, 1.807) is 0 Å². The highest BCUT2D eigenvalue weighted by Crippen LogP contribution is 2.25. The van der Waals surface area contributed by atoms with Crippen molar-refractivity contribution in [2.75, 3.05) is 18.1 Å². The smallest absolute Gasteiger partial charge is 0.255 e. The number of hydrogen-bond acceptors (Lipinski definition) is 3. The van der Waals surface area contributed by atoms with Crippen molar-refractivity contribution in [3.63, 3.8) is 0 Å². The van der Waals surface area contributed by atoms with Crippen molar-refractivity contribution >= 4 is 27.3 Å². The van der Waals surface area contributed by atoms with Gasteiger partial charge in [-0.25, -0.2) is 17.2 Å². The molecule has 2 rings (SSSR count). The first-order valence-electron chi connectivity index (χ1n) is 6.91. The monoisotopic (exact) mass is 351 g/mol. The van der Waals surface area contributed by atoms with E-state index in [1.165, 1.54) is 4.90 Å². The van der Waals surface area contributed by atoms with E-state index >= 15 is 0 Å². The fourth-order valence-corrected chi connectivity index (χ4v) is 4.52. The minimum Gasteiger partial charge on any atom is -0.335 e. The van der Waals surface area contributed by atoms with Crippen LogP contribution in [0.2, 0.25) is 5.02 Å². The molecule has 1 unspecified atom stereocenters. The summed E-state index contributed by atoms with van der Waals surface area (Å²) in [5.74, 6) is -2.96. The Hall–Kier alpha value is -1.21. The Kier molecular flexibility index (Phi) is 5.07. The molecule has 0 N–H and O–H groups in total. The second kappa shape index (κ2) is 6.50. The Labute approximate surface area is 133 Å². The highest BCUT2D eigenvalue weighted by atomic mass is 35.5. The van der Waals surface area contributed by atoms with Gasteiger partial charge in [0.05, 0.1) is 22.1 Å². The van der Waals surface area contributed by atoms with Gasteiger partial charge in [-0.1, -0.05) is 18.5 Å². The van der Waals surface area contributed by atoms with Crippen LogP contribution >= 0.6 is 11.6 Å². The number of rotatable bonds is 4. The summed E-state index contributed by atoms with van der Waals surface area (Å²) in [4.78, 5) is 14.0. The zero-order valence-electron chi connectivity index (χ0n) is 12.0. The highest BCUT2D eigenvalue weighted by molar-refractivity contribution is 7.91. The van der Waals surface area contributed by atoms with E-state index in [9.17, 15) is 22.0 Å². The van der Waals surface area contributed by atoms with E-state index in [4.69, 9.17) is 11.6 Å². The standard InChI is InChI=1S/C14H16ClF2NO3S/c1-2-4-18(9-3-5-22(20,21)8-9)14(19)10-6-12(16)13(17)7-11(10)15/h6-7,9H,2-5,8H2,1H3. The van der Waals surface area contributed by atoms with Crippen LogP contribution in [-0.4, -0.2) is 43.3 Å². The first-order valence-corrected chi connectivity index (χ1v) is 9.11. The van der Waals surface area contributed by atoms with Gasteiger partial charge in [-0.15, -0.1) is 0 Å². The summed E-state index contributed by atoms with van der Waals surface area (Å²) in [5.41, 5.74) is -0.154. The molecule has 1 aliphatic rings. The number of nitrogens with zero attached hydrogens (tertiary/aromatic N) is 1. The summed E-state index contributed by atoms with van der Waals surface area (Å²) in [7, 11) is -3.16. The number of benzene rings is 1. The maximum Gasteiger partial charge on any atom is 0.255 e. The van der Waals surface area contributed by atoms with Crippen molar-refractivity contribution in [3.05, 3.63) is 34.4 Å². The molecule has 0 aliphatic carbocycles. The van der Waals surface area contributed by atoms with Gasteiger partial charge < -0.3 is 4.90 Å². The van der Waals surface area contributed by atoms with Crippen LogP contribution in [-0.2, 0) is 9.84 Å². The van der Waals surface area contributed by atoms with E-state index in [2.05, 4.69) is 0 Å². The van der Waals surface area contributed by atoms with Crippen molar-refractivity contribution in [3.8, 4) is 0 Å². The summed E-state index contributed by atoms with van der Waals surface area (Å²) in [6.07, 6.45) is 0.957. The molecule has 1 saturated heterocycles. The summed E-state index contributed by atoms with van der Waals surface area (Å²) in [6, 6.07) is 1.05. The molecule has 0 spiro atoms. The van der Waals surface area contributed by atoms with Gasteiger partial charge in [0.25, 0.3) is 5.91 Å². The molecular weight excluding hydrogens is 336 g/mol. The van der Waals surface area contributed by atoms with Gasteiger partial charge in [-0.2, -0.15) is 0 Å². The van der Waals surface area contributed by atoms with Crippen LogP contribution in [0.25, 0.3) is 0 Å².